The maximum absolute atomic E-state index is 4.63. The van der Waals surface area contributed by atoms with Crippen LogP contribution in [0.1, 0.15) is 50.2 Å². The highest BCUT2D eigenvalue weighted by Crippen LogP contribution is 2.32. The summed E-state index contributed by atoms with van der Waals surface area (Å²) >= 11 is 1.82. The molecule has 1 saturated carbocycles. The third-order valence-electron chi connectivity index (χ3n) is 4.07. The van der Waals surface area contributed by atoms with Gasteiger partial charge in [-0.05, 0) is 38.1 Å². The first-order chi connectivity index (χ1) is 8.69. The van der Waals surface area contributed by atoms with Crippen molar-refractivity contribution in [2.45, 2.75) is 58.9 Å². The molecule has 2 rings (SSSR count). The predicted octanol–water partition coefficient (Wildman–Crippen LogP) is 3.80. The third-order valence-corrected chi connectivity index (χ3v) is 5.06. The zero-order chi connectivity index (χ0) is 13.0. The number of aromatic nitrogens is 1. The van der Waals surface area contributed by atoms with Gasteiger partial charge in [0.15, 0.2) is 0 Å². The number of nitrogens with zero attached hydrogens (tertiary/aromatic N) is 1. The van der Waals surface area contributed by atoms with E-state index in [4.69, 9.17) is 0 Å². The van der Waals surface area contributed by atoms with Crippen molar-refractivity contribution >= 4 is 11.3 Å². The Kier molecular flexibility index (Phi) is 5.19. The Labute approximate surface area is 115 Å². The molecule has 1 fully saturated rings. The fraction of sp³-hybridized carbons (Fsp3) is 0.800. The molecule has 0 spiro atoms. The van der Waals surface area contributed by atoms with Crippen LogP contribution in [-0.2, 0) is 6.42 Å². The van der Waals surface area contributed by atoms with Crippen LogP contribution in [0.4, 0.5) is 0 Å². The molecule has 0 amide bonds. The number of hydrogen-bond donors (Lipinski definition) is 1. The molecule has 1 aliphatic carbocycles. The molecule has 3 atom stereocenters. The number of hydrogen-bond acceptors (Lipinski definition) is 3. The van der Waals surface area contributed by atoms with Gasteiger partial charge >= 0.3 is 0 Å². The van der Waals surface area contributed by atoms with Crippen LogP contribution in [0.5, 0.6) is 0 Å². The first-order valence-electron chi connectivity index (χ1n) is 7.33. The van der Waals surface area contributed by atoms with Gasteiger partial charge in [0.1, 0.15) is 0 Å². The first-order valence-corrected chi connectivity index (χ1v) is 8.21. The lowest BCUT2D eigenvalue weighted by Crippen LogP contribution is -2.40. The number of likely N-dealkylation sites (N-methyl/N-ethyl adjacent to an activating group) is 1. The van der Waals surface area contributed by atoms with Gasteiger partial charge in [0.05, 0.1) is 5.01 Å². The van der Waals surface area contributed by atoms with Gasteiger partial charge in [-0.1, -0.05) is 26.7 Å². The number of aryl methyl sites for hydroxylation is 1. The lowest BCUT2D eigenvalue weighted by Gasteiger charge is -2.33. The smallest absolute Gasteiger partial charge is 0.0943 e. The molecule has 1 aromatic rings. The minimum atomic E-state index is 0.628. The second-order valence-corrected chi connectivity index (χ2v) is 6.73. The summed E-state index contributed by atoms with van der Waals surface area (Å²) in [7, 11) is 0. The van der Waals surface area contributed by atoms with Gasteiger partial charge in [-0.2, -0.15) is 0 Å². The summed E-state index contributed by atoms with van der Waals surface area (Å²) in [6, 6.07) is 0.628. The largest absolute Gasteiger partial charge is 0.314 e. The molecule has 0 aliphatic heterocycles. The summed E-state index contributed by atoms with van der Waals surface area (Å²) in [4.78, 5) is 4.63. The highest BCUT2D eigenvalue weighted by atomic mass is 32.1. The average molecular weight is 266 g/mol. The first kappa shape index (κ1) is 14.0. The van der Waals surface area contributed by atoms with E-state index in [2.05, 4.69) is 36.5 Å². The monoisotopic (exact) mass is 266 g/mol. The Bertz CT molecular complexity index is 361. The molecule has 102 valence electrons. The van der Waals surface area contributed by atoms with Gasteiger partial charge in [0.2, 0.25) is 0 Å². The van der Waals surface area contributed by atoms with Gasteiger partial charge in [0.25, 0.3) is 0 Å². The molecule has 3 heteroatoms. The van der Waals surface area contributed by atoms with Crippen molar-refractivity contribution in [3.8, 4) is 0 Å². The molecule has 1 N–H and O–H groups in total. The van der Waals surface area contributed by atoms with Crippen LogP contribution in [0.2, 0.25) is 0 Å². The minimum Gasteiger partial charge on any atom is -0.314 e. The number of nitrogens with one attached hydrogen (secondary N) is 1. The lowest BCUT2D eigenvalue weighted by molar-refractivity contribution is 0.222. The summed E-state index contributed by atoms with van der Waals surface area (Å²) in [6.45, 7) is 7.78. The van der Waals surface area contributed by atoms with Crippen LogP contribution in [0.15, 0.2) is 5.38 Å². The quantitative estimate of drug-likeness (QED) is 0.877. The Morgan fingerprint density at radius 3 is 2.94 bits per heavy atom. The Hall–Kier alpha value is -0.410. The molecule has 0 saturated heterocycles. The van der Waals surface area contributed by atoms with E-state index in [-0.39, 0.29) is 0 Å². The van der Waals surface area contributed by atoms with Gasteiger partial charge in [0, 0.05) is 23.5 Å². The van der Waals surface area contributed by atoms with E-state index < -0.39 is 0 Å². The molecular formula is C15H26N2S. The molecule has 2 nitrogen and oxygen atoms in total. The van der Waals surface area contributed by atoms with E-state index in [1.165, 1.54) is 36.4 Å². The van der Waals surface area contributed by atoms with Crippen molar-refractivity contribution in [1.82, 2.24) is 10.3 Å². The van der Waals surface area contributed by atoms with E-state index in [9.17, 15) is 0 Å². The molecule has 0 bridgehead atoms. The normalized spacial score (nSPS) is 26.2. The Morgan fingerprint density at radius 2 is 2.33 bits per heavy atom. The van der Waals surface area contributed by atoms with Crippen molar-refractivity contribution in [1.29, 1.82) is 0 Å². The van der Waals surface area contributed by atoms with Gasteiger partial charge in [-0.3, -0.25) is 0 Å². The summed E-state index contributed by atoms with van der Waals surface area (Å²) < 4.78 is 0. The average Bonchev–Trinajstić information content (AvgIpc) is 2.74. The van der Waals surface area contributed by atoms with E-state index in [0.717, 1.165) is 24.8 Å². The van der Waals surface area contributed by atoms with E-state index in [1.807, 2.05) is 11.3 Å². The summed E-state index contributed by atoms with van der Waals surface area (Å²) in [5.74, 6) is 1.75. The topological polar surface area (TPSA) is 24.9 Å². The number of thiazole rings is 1. The number of rotatable bonds is 5. The Morgan fingerprint density at radius 1 is 1.50 bits per heavy atom. The molecule has 18 heavy (non-hydrogen) atoms. The third kappa shape index (κ3) is 3.79. The van der Waals surface area contributed by atoms with Crippen LogP contribution < -0.4 is 5.32 Å². The zero-order valence-electron chi connectivity index (χ0n) is 11.9. The van der Waals surface area contributed by atoms with Gasteiger partial charge in [-0.25, -0.2) is 4.98 Å². The molecular weight excluding hydrogens is 240 g/mol. The van der Waals surface area contributed by atoms with E-state index >= 15 is 0 Å². The van der Waals surface area contributed by atoms with Crippen LogP contribution in [-0.4, -0.2) is 17.6 Å². The van der Waals surface area contributed by atoms with Crippen LogP contribution in [0.3, 0.4) is 0 Å². The summed E-state index contributed by atoms with van der Waals surface area (Å²) in [6.07, 6.45) is 6.73. The fourth-order valence-electron chi connectivity index (χ4n) is 3.20. The maximum Gasteiger partial charge on any atom is 0.0943 e. The van der Waals surface area contributed by atoms with Gasteiger partial charge < -0.3 is 5.32 Å². The van der Waals surface area contributed by atoms with Crippen molar-refractivity contribution in [3.05, 3.63) is 16.1 Å². The molecule has 1 aromatic heterocycles. The highest BCUT2D eigenvalue weighted by Gasteiger charge is 2.26. The van der Waals surface area contributed by atoms with Crippen LogP contribution in [0, 0.1) is 18.8 Å². The molecule has 0 aromatic carbocycles. The van der Waals surface area contributed by atoms with Crippen molar-refractivity contribution < 1.29 is 0 Å². The molecule has 3 unspecified atom stereocenters. The van der Waals surface area contributed by atoms with E-state index in [0.29, 0.717) is 6.04 Å². The predicted molar refractivity (Wildman–Crippen MR) is 79.1 cm³/mol. The van der Waals surface area contributed by atoms with Crippen molar-refractivity contribution in [3.63, 3.8) is 0 Å². The standard InChI is InChI=1S/C15H26N2S/c1-4-16-14(9-15-17-12(3)10-18-15)13-7-5-6-11(2)8-13/h10-11,13-14,16H,4-9H2,1-3H3. The minimum absolute atomic E-state index is 0.628. The van der Waals surface area contributed by atoms with Crippen LogP contribution in [0.25, 0.3) is 0 Å². The highest BCUT2D eigenvalue weighted by molar-refractivity contribution is 7.09. The lowest BCUT2D eigenvalue weighted by atomic mass is 9.78. The van der Waals surface area contributed by atoms with Crippen molar-refractivity contribution in [2.24, 2.45) is 11.8 Å². The molecule has 1 heterocycles. The van der Waals surface area contributed by atoms with E-state index in [1.54, 1.807) is 0 Å². The second kappa shape index (κ2) is 6.67. The fourth-order valence-corrected chi connectivity index (χ4v) is 4.03. The maximum atomic E-state index is 4.63. The molecule has 1 aliphatic rings. The summed E-state index contributed by atoms with van der Waals surface area (Å²) in [5.41, 5.74) is 1.17. The van der Waals surface area contributed by atoms with Gasteiger partial charge in [-0.15, -0.1) is 11.3 Å². The van der Waals surface area contributed by atoms with Crippen molar-refractivity contribution in [2.75, 3.05) is 6.54 Å². The van der Waals surface area contributed by atoms with Crippen LogP contribution >= 0.6 is 11.3 Å². The zero-order valence-corrected chi connectivity index (χ0v) is 12.7. The summed E-state index contributed by atoms with van der Waals surface area (Å²) in [5, 5.41) is 7.17. The second-order valence-electron chi connectivity index (χ2n) is 5.78. The molecule has 0 radical (unpaired) electrons. The SMILES string of the molecule is CCNC(Cc1nc(C)cs1)C1CCCC(C)C1. The Balaban J connectivity index is 1.98.